The summed E-state index contributed by atoms with van der Waals surface area (Å²) in [4.78, 5) is 6.88. The molecule has 8 heteroatoms. The van der Waals surface area contributed by atoms with Crippen LogP contribution in [0, 0.1) is 6.92 Å². The van der Waals surface area contributed by atoms with Gasteiger partial charge in [-0.1, -0.05) is 23.7 Å². The molecule has 0 aliphatic carbocycles. The van der Waals surface area contributed by atoms with E-state index in [1.54, 1.807) is 43.3 Å². The lowest BCUT2D eigenvalue weighted by Crippen LogP contribution is -2.16. The molecule has 0 aliphatic rings. The molecule has 25 heavy (non-hydrogen) atoms. The summed E-state index contributed by atoms with van der Waals surface area (Å²) >= 11 is 5.96. The number of rotatable bonds is 5. The van der Waals surface area contributed by atoms with Crippen molar-refractivity contribution < 1.29 is 18.3 Å². The number of aliphatic hydroxyl groups excluding tert-OH is 1. The molecule has 2 aromatic carbocycles. The van der Waals surface area contributed by atoms with Crippen molar-refractivity contribution in [1.82, 2.24) is 9.97 Å². The average Bonchev–Trinajstić information content (AvgIpc) is 3.01. The Labute approximate surface area is 150 Å². The summed E-state index contributed by atoms with van der Waals surface area (Å²) in [6.45, 7) is 1.79. The number of aliphatic hydroxyl groups is 1. The standard InChI is InChI=1S/C17H17ClN2O4S/c1-10-7-11(3-5-13(10)18)16(21)9-25(22,23)17-19-14-6-4-12(24-2)8-15(14)20-17/h3-8,16,21H,9H2,1-2H3,(H,19,20). The molecule has 0 saturated carbocycles. The van der Waals surface area contributed by atoms with E-state index in [0.717, 1.165) is 5.56 Å². The number of hydrogen-bond donors (Lipinski definition) is 2. The molecule has 132 valence electrons. The maximum atomic E-state index is 12.6. The highest BCUT2D eigenvalue weighted by Gasteiger charge is 2.24. The summed E-state index contributed by atoms with van der Waals surface area (Å²) in [6.07, 6.45) is -1.18. The number of aromatic nitrogens is 2. The first-order chi connectivity index (χ1) is 11.8. The van der Waals surface area contributed by atoms with Crippen LogP contribution in [0.5, 0.6) is 5.75 Å². The van der Waals surface area contributed by atoms with Gasteiger partial charge in [-0.25, -0.2) is 13.4 Å². The fraction of sp³-hybridized carbons (Fsp3) is 0.235. The molecule has 1 heterocycles. The Kier molecular flexibility index (Phi) is 4.73. The summed E-state index contributed by atoms with van der Waals surface area (Å²) < 4.78 is 30.3. The maximum Gasteiger partial charge on any atom is 0.226 e. The first-order valence-electron chi connectivity index (χ1n) is 7.51. The summed E-state index contributed by atoms with van der Waals surface area (Å²) in [5, 5.41) is 10.7. The molecule has 1 atom stereocenters. The van der Waals surface area contributed by atoms with Crippen LogP contribution in [-0.4, -0.2) is 36.4 Å². The Morgan fingerprint density at radius 1 is 1.28 bits per heavy atom. The van der Waals surface area contributed by atoms with Gasteiger partial charge in [0, 0.05) is 11.1 Å². The second-order valence-corrected chi connectivity index (χ2v) is 8.09. The largest absolute Gasteiger partial charge is 0.497 e. The normalized spacial score (nSPS) is 13.1. The van der Waals surface area contributed by atoms with Crippen LogP contribution in [0.2, 0.25) is 5.02 Å². The summed E-state index contributed by atoms with van der Waals surface area (Å²) in [5.41, 5.74) is 2.32. The zero-order chi connectivity index (χ0) is 18.2. The van der Waals surface area contributed by atoms with Gasteiger partial charge in [0.2, 0.25) is 15.0 Å². The molecule has 2 N–H and O–H groups in total. The number of nitrogens with one attached hydrogen (secondary N) is 1. The molecular formula is C17H17ClN2O4S. The molecule has 0 radical (unpaired) electrons. The van der Waals surface area contributed by atoms with Gasteiger partial charge in [0.15, 0.2) is 0 Å². The van der Waals surface area contributed by atoms with Gasteiger partial charge < -0.3 is 14.8 Å². The van der Waals surface area contributed by atoms with Gasteiger partial charge in [-0.2, -0.15) is 0 Å². The number of H-pyrrole nitrogens is 1. The van der Waals surface area contributed by atoms with Crippen LogP contribution in [0.3, 0.4) is 0 Å². The van der Waals surface area contributed by atoms with Crippen molar-refractivity contribution in [3.05, 3.63) is 52.5 Å². The van der Waals surface area contributed by atoms with Crippen molar-refractivity contribution in [2.24, 2.45) is 0 Å². The van der Waals surface area contributed by atoms with Gasteiger partial charge in [0.25, 0.3) is 0 Å². The number of sulfone groups is 1. The summed E-state index contributed by atoms with van der Waals surface area (Å²) in [7, 11) is -2.28. The zero-order valence-electron chi connectivity index (χ0n) is 13.7. The summed E-state index contributed by atoms with van der Waals surface area (Å²) in [6, 6.07) is 9.95. The van der Waals surface area contributed by atoms with E-state index < -0.39 is 21.7 Å². The number of nitrogens with zero attached hydrogens (tertiary/aromatic N) is 1. The number of fused-ring (bicyclic) bond motifs is 1. The van der Waals surface area contributed by atoms with E-state index in [1.165, 1.54) is 7.11 Å². The Bertz CT molecular complexity index is 1030. The van der Waals surface area contributed by atoms with Crippen molar-refractivity contribution in [3.8, 4) is 5.75 Å². The smallest absolute Gasteiger partial charge is 0.226 e. The van der Waals surface area contributed by atoms with E-state index in [9.17, 15) is 13.5 Å². The van der Waals surface area contributed by atoms with Crippen LogP contribution < -0.4 is 4.74 Å². The minimum atomic E-state index is -3.80. The van der Waals surface area contributed by atoms with Gasteiger partial charge in [-0.3, -0.25) is 0 Å². The van der Waals surface area contributed by atoms with Gasteiger partial charge >= 0.3 is 0 Å². The van der Waals surface area contributed by atoms with E-state index in [-0.39, 0.29) is 5.16 Å². The van der Waals surface area contributed by atoms with E-state index in [0.29, 0.717) is 27.4 Å². The number of imidazole rings is 1. The molecule has 0 fully saturated rings. The van der Waals surface area contributed by atoms with Crippen molar-refractivity contribution in [1.29, 1.82) is 0 Å². The maximum absolute atomic E-state index is 12.6. The average molecular weight is 381 g/mol. The number of aromatic amines is 1. The zero-order valence-corrected chi connectivity index (χ0v) is 15.2. The molecule has 0 amide bonds. The molecule has 1 unspecified atom stereocenters. The minimum Gasteiger partial charge on any atom is -0.497 e. The Hall–Kier alpha value is -2.09. The van der Waals surface area contributed by atoms with Crippen LogP contribution in [0.25, 0.3) is 11.0 Å². The third-order valence-electron chi connectivity index (χ3n) is 3.91. The lowest BCUT2D eigenvalue weighted by Gasteiger charge is -2.11. The Morgan fingerprint density at radius 2 is 2.04 bits per heavy atom. The van der Waals surface area contributed by atoms with E-state index >= 15 is 0 Å². The molecule has 0 bridgehead atoms. The molecule has 3 rings (SSSR count). The van der Waals surface area contributed by atoms with Gasteiger partial charge in [0.1, 0.15) is 5.75 Å². The first kappa shape index (κ1) is 17.7. The van der Waals surface area contributed by atoms with Crippen molar-refractivity contribution in [2.45, 2.75) is 18.2 Å². The first-order valence-corrected chi connectivity index (χ1v) is 9.54. The lowest BCUT2D eigenvalue weighted by molar-refractivity contribution is 0.201. The van der Waals surface area contributed by atoms with Crippen LogP contribution >= 0.6 is 11.6 Å². The molecule has 1 aromatic heterocycles. The second kappa shape index (κ2) is 6.67. The SMILES string of the molecule is COc1ccc2nc(S(=O)(=O)CC(O)c3ccc(Cl)c(C)c3)[nH]c2c1. The summed E-state index contributed by atoms with van der Waals surface area (Å²) in [5.74, 6) is 0.113. The number of aryl methyl sites for hydroxylation is 1. The van der Waals surface area contributed by atoms with Gasteiger partial charge in [-0.05, 0) is 36.2 Å². The molecule has 0 saturated heterocycles. The van der Waals surface area contributed by atoms with Crippen molar-refractivity contribution >= 4 is 32.5 Å². The molecule has 0 aliphatic heterocycles. The molecule has 6 nitrogen and oxygen atoms in total. The fourth-order valence-electron chi connectivity index (χ4n) is 2.50. The number of benzene rings is 2. The number of methoxy groups -OCH3 is 1. The van der Waals surface area contributed by atoms with Crippen molar-refractivity contribution in [3.63, 3.8) is 0 Å². The number of ether oxygens (including phenoxy) is 1. The predicted molar refractivity (Wildman–Crippen MR) is 95.8 cm³/mol. The third-order valence-corrected chi connectivity index (χ3v) is 5.87. The monoisotopic (exact) mass is 380 g/mol. The molecular weight excluding hydrogens is 364 g/mol. The fourth-order valence-corrected chi connectivity index (χ4v) is 3.88. The number of halogens is 1. The van der Waals surface area contributed by atoms with Gasteiger partial charge in [0.05, 0.1) is 30.0 Å². The van der Waals surface area contributed by atoms with E-state index in [4.69, 9.17) is 16.3 Å². The van der Waals surface area contributed by atoms with E-state index in [2.05, 4.69) is 9.97 Å². The minimum absolute atomic E-state index is 0.180. The molecule has 3 aromatic rings. The van der Waals surface area contributed by atoms with E-state index in [1.807, 2.05) is 0 Å². The Morgan fingerprint density at radius 3 is 2.72 bits per heavy atom. The quantitative estimate of drug-likeness (QED) is 0.709. The van der Waals surface area contributed by atoms with Crippen LogP contribution in [0.15, 0.2) is 41.6 Å². The highest BCUT2D eigenvalue weighted by atomic mass is 35.5. The van der Waals surface area contributed by atoms with Gasteiger partial charge in [-0.15, -0.1) is 0 Å². The highest BCUT2D eigenvalue weighted by Crippen LogP contribution is 2.25. The number of hydrogen-bond acceptors (Lipinski definition) is 5. The second-order valence-electron chi connectivity index (χ2n) is 5.73. The van der Waals surface area contributed by atoms with Crippen LogP contribution in [0.4, 0.5) is 0 Å². The van der Waals surface area contributed by atoms with Crippen molar-refractivity contribution in [2.75, 3.05) is 12.9 Å². The molecule has 0 spiro atoms. The van der Waals surface area contributed by atoms with Crippen LogP contribution in [-0.2, 0) is 9.84 Å². The third kappa shape index (κ3) is 3.63. The Balaban J connectivity index is 1.89. The van der Waals surface area contributed by atoms with Crippen LogP contribution in [0.1, 0.15) is 17.2 Å². The predicted octanol–water partition coefficient (Wildman–Crippen LogP) is 3.04. The highest BCUT2D eigenvalue weighted by molar-refractivity contribution is 7.91. The topological polar surface area (TPSA) is 92.3 Å². The lowest BCUT2D eigenvalue weighted by atomic mass is 10.1.